The fraction of sp³-hybridized carbons (Fsp3) is 0.286. The van der Waals surface area contributed by atoms with Crippen LogP contribution in [0.5, 0.6) is 23.5 Å². The molecular weight excluding hydrogens is 322 g/mol. The number of nitrogens with zero attached hydrogens (tertiary/aromatic N) is 3. The number of rotatable bonds is 7. The second-order valence-corrected chi connectivity index (χ2v) is 4.84. The molecule has 0 saturated carbocycles. The lowest BCUT2D eigenvalue weighted by atomic mass is 10.3. The van der Waals surface area contributed by atoms with Gasteiger partial charge in [-0.1, -0.05) is 0 Å². The number of hydrogen-bond acceptors (Lipinski definition) is 9. The number of pyridine rings is 1. The van der Waals surface area contributed by atoms with Crippen LogP contribution >= 0.6 is 11.8 Å². The third-order valence-electron chi connectivity index (χ3n) is 2.55. The lowest BCUT2D eigenvalue weighted by molar-refractivity contribution is 0.0569. The summed E-state index contributed by atoms with van der Waals surface area (Å²) in [5.74, 6) is 0.335. The predicted octanol–water partition coefficient (Wildman–Crippen LogP) is 2.16. The summed E-state index contributed by atoms with van der Waals surface area (Å²) in [4.78, 5) is 24.1. The number of hydrogen-bond donors (Lipinski definition) is 0. The number of ether oxygens (including phenoxy) is 4. The van der Waals surface area contributed by atoms with Crippen LogP contribution in [0.2, 0.25) is 0 Å². The molecule has 0 unspecified atom stereocenters. The Morgan fingerprint density at radius 2 is 1.91 bits per heavy atom. The molecule has 0 aliphatic rings. The summed E-state index contributed by atoms with van der Waals surface area (Å²) in [6, 6.07) is 4.66. The van der Waals surface area contributed by atoms with Crippen molar-refractivity contribution in [1.82, 2.24) is 15.0 Å². The van der Waals surface area contributed by atoms with Crippen molar-refractivity contribution < 1.29 is 23.7 Å². The van der Waals surface area contributed by atoms with Crippen LogP contribution in [0, 0.1) is 0 Å². The Bertz CT molecular complexity index is 661. The zero-order valence-corrected chi connectivity index (χ0v) is 13.6. The van der Waals surface area contributed by atoms with E-state index in [4.69, 9.17) is 18.9 Å². The number of carbonyl (C=O) groups excluding carboxylic acids is 1. The Balaban J connectivity index is 2.28. The summed E-state index contributed by atoms with van der Waals surface area (Å²) >= 11 is 1.37. The van der Waals surface area contributed by atoms with E-state index >= 15 is 0 Å². The third kappa shape index (κ3) is 4.46. The van der Waals surface area contributed by atoms with Gasteiger partial charge in [-0.15, -0.1) is 11.8 Å². The molecule has 0 radical (unpaired) electrons. The monoisotopic (exact) mass is 337 g/mol. The molecule has 0 atom stereocenters. The van der Waals surface area contributed by atoms with Crippen molar-refractivity contribution in [3.63, 3.8) is 0 Å². The van der Waals surface area contributed by atoms with Gasteiger partial charge in [0.15, 0.2) is 11.4 Å². The molecule has 0 aliphatic heterocycles. The maximum atomic E-state index is 12.0. The summed E-state index contributed by atoms with van der Waals surface area (Å²) in [5.41, 5.74) is 0.0342. The standard InChI is InChI=1S/C14H15N3O5S/c1-19-10-7-11(20-2)17-14(16-10)22-9-5-4-6-15-12(9)13(18)21-8-23-3/h4-7H,8H2,1-3H3. The molecule has 0 bridgehead atoms. The van der Waals surface area contributed by atoms with Crippen LogP contribution in [0.1, 0.15) is 10.5 Å². The Morgan fingerprint density at radius 1 is 1.22 bits per heavy atom. The summed E-state index contributed by atoms with van der Waals surface area (Å²) in [5, 5.41) is 0. The van der Waals surface area contributed by atoms with E-state index in [0.29, 0.717) is 0 Å². The number of aromatic nitrogens is 3. The van der Waals surface area contributed by atoms with E-state index in [0.717, 1.165) is 0 Å². The van der Waals surface area contributed by atoms with Crippen LogP contribution in [0.15, 0.2) is 24.4 Å². The predicted molar refractivity (Wildman–Crippen MR) is 83.2 cm³/mol. The van der Waals surface area contributed by atoms with Crippen LogP contribution in [-0.2, 0) is 4.74 Å². The number of thioether (sulfide) groups is 1. The highest BCUT2D eigenvalue weighted by atomic mass is 32.2. The molecule has 0 fully saturated rings. The summed E-state index contributed by atoms with van der Waals surface area (Å²) < 4.78 is 20.7. The normalized spacial score (nSPS) is 10.0. The second kappa shape index (κ2) is 8.18. The Labute approximate surface area is 137 Å². The van der Waals surface area contributed by atoms with Gasteiger partial charge in [0.25, 0.3) is 0 Å². The molecule has 0 N–H and O–H groups in total. The molecule has 2 heterocycles. The maximum absolute atomic E-state index is 12.0. The molecule has 23 heavy (non-hydrogen) atoms. The Hall–Kier alpha value is -2.55. The Morgan fingerprint density at radius 3 is 2.52 bits per heavy atom. The van der Waals surface area contributed by atoms with Gasteiger partial charge < -0.3 is 18.9 Å². The van der Waals surface area contributed by atoms with Crippen molar-refractivity contribution in [2.24, 2.45) is 0 Å². The molecule has 122 valence electrons. The van der Waals surface area contributed by atoms with Crippen molar-refractivity contribution in [3.05, 3.63) is 30.1 Å². The van der Waals surface area contributed by atoms with Crippen molar-refractivity contribution in [2.45, 2.75) is 0 Å². The van der Waals surface area contributed by atoms with Gasteiger partial charge in [-0.05, 0) is 18.4 Å². The minimum Gasteiger partial charge on any atom is -0.481 e. The van der Waals surface area contributed by atoms with Gasteiger partial charge in [0, 0.05) is 6.20 Å². The first-order valence-electron chi connectivity index (χ1n) is 6.44. The number of methoxy groups -OCH3 is 2. The van der Waals surface area contributed by atoms with Gasteiger partial charge in [0.05, 0.1) is 20.3 Å². The van der Waals surface area contributed by atoms with E-state index in [1.54, 1.807) is 12.1 Å². The first kappa shape index (κ1) is 16.8. The van der Waals surface area contributed by atoms with Crippen molar-refractivity contribution in [3.8, 4) is 23.5 Å². The average molecular weight is 337 g/mol. The van der Waals surface area contributed by atoms with Crippen molar-refractivity contribution in [1.29, 1.82) is 0 Å². The fourth-order valence-corrected chi connectivity index (χ4v) is 1.77. The number of esters is 1. The van der Waals surface area contributed by atoms with Gasteiger partial charge in [0.2, 0.25) is 11.8 Å². The van der Waals surface area contributed by atoms with Crippen LogP contribution in [0.25, 0.3) is 0 Å². The topological polar surface area (TPSA) is 92.7 Å². The van der Waals surface area contributed by atoms with Gasteiger partial charge >= 0.3 is 12.0 Å². The largest absolute Gasteiger partial charge is 0.481 e. The minimum absolute atomic E-state index is 0.0342. The molecule has 2 aromatic heterocycles. The fourth-order valence-electron chi connectivity index (χ4n) is 1.54. The number of carbonyl (C=O) groups is 1. The van der Waals surface area contributed by atoms with Gasteiger partial charge in [0.1, 0.15) is 5.94 Å². The van der Waals surface area contributed by atoms with Gasteiger partial charge in [-0.2, -0.15) is 9.97 Å². The molecule has 0 saturated heterocycles. The van der Waals surface area contributed by atoms with Gasteiger partial charge in [-0.25, -0.2) is 9.78 Å². The SMILES string of the molecule is COc1cc(OC)nc(Oc2cccnc2C(=O)OCSC)n1. The van der Waals surface area contributed by atoms with E-state index in [9.17, 15) is 4.79 Å². The summed E-state index contributed by atoms with van der Waals surface area (Å²) in [6.07, 6.45) is 3.29. The first-order valence-corrected chi connectivity index (χ1v) is 7.83. The van der Waals surface area contributed by atoms with Crippen LogP contribution < -0.4 is 14.2 Å². The van der Waals surface area contributed by atoms with Crippen molar-refractivity contribution in [2.75, 3.05) is 26.4 Å². The minimum atomic E-state index is -0.593. The van der Waals surface area contributed by atoms with E-state index < -0.39 is 5.97 Å². The lowest BCUT2D eigenvalue weighted by Gasteiger charge is -2.10. The zero-order chi connectivity index (χ0) is 16.7. The van der Waals surface area contributed by atoms with E-state index in [-0.39, 0.29) is 35.2 Å². The van der Waals surface area contributed by atoms with Gasteiger partial charge in [-0.3, -0.25) is 0 Å². The van der Waals surface area contributed by atoms with E-state index in [2.05, 4.69) is 15.0 Å². The molecule has 2 aromatic rings. The highest BCUT2D eigenvalue weighted by Crippen LogP contribution is 2.25. The third-order valence-corrected chi connectivity index (χ3v) is 2.90. The Kier molecular flexibility index (Phi) is 5.98. The maximum Gasteiger partial charge on any atom is 0.361 e. The highest BCUT2D eigenvalue weighted by molar-refractivity contribution is 7.98. The molecule has 0 aromatic carbocycles. The van der Waals surface area contributed by atoms with Crippen molar-refractivity contribution >= 4 is 17.7 Å². The molecule has 0 spiro atoms. The molecular formula is C14H15N3O5S. The zero-order valence-electron chi connectivity index (χ0n) is 12.8. The summed E-state index contributed by atoms with van der Waals surface area (Å²) in [6.45, 7) is 0. The first-order chi connectivity index (χ1) is 11.2. The van der Waals surface area contributed by atoms with Crippen LogP contribution in [0.3, 0.4) is 0 Å². The lowest BCUT2D eigenvalue weighted by Crippen LogP contribution is -2.09. The molecule has 0 amide bonds. The summed E-state index contributed by atoms with van der Waals surface area (Å²) in [7, 11) is 2.92. The molecule has 9 heteroatoms. The van der Waals surface area contributed by atoms with Crippen LogP contribution in [-0.4, -0.2) is 47.3 Å². The quantitative estimate of drug-likeness (QED) is 0.556. The molecule has 0 aliphatic carbocycles. The highest BCUT2D eigenvalue weighted by Gasteiger charge is 2.18. The van der Waals surface area contributed by atoms with E-state index in [1.165, 1.54) is 38.2 Å². The van der Waals surface area contributed by atoms with Crippen LogP contribution in [0.4, 0.5) is 0 Å². The second-order valence-electron chi connectivity index (χ2n) is 4.03. The van der Waals surface area contributed by atoms with E-state index in [1.807, 2.05) is 6.26 Å². The average Bonchev–Trinajstić information content (AvgIpc) is 2.59. The smallest absolute Gasteiger partial charge is 0.361 e. The molecule has 8 nitrogen and oxygen atoms in total. The molecule has 2 rings (SSSR count).